The van der Waals surface area contributed by atoms with Crippen molar-refractivity contribution in [1.29, 1.82) is 0 Å². The van der Waals surface area contributed by atoms with Gasteiger partial charge in [-0.1, -0.05) is 28.1 Å². The first-order valence-corrected chi connectivity index (χ1v) is 7.87. The zero-order valence-corrected chi connectivity index (χ0v) is 13.3. The van der Waals surface area contributed by atoms with Gasteiger partial charge in [-0.3, -0.25) is 0 Å². The van der Waals surface area contributed by atoms with Gasteiger partial charge in [-0.15, -0.1) is 0 Å². The van der Waals surface area contributed by atoms with Crippen molar-refractivity contribution in [3.63, 3.8) is 0 Å². The smallest absolute Gasteiger partial charge is 0.124 e. The first-order valence-electron chi connectivity index (χ1n) is 7.08. The first kappa shape index (κ1) is 14.4. The third-order valence-electron chi connectivity index (χ3n) is 3.61. The minimum absolute atomic E-state index is 0.191. The van der Waals surface area contributed by atoms with E-state index in [1.807, 2.05) is 24.3 Å². The summed E-state index contributed by atoms with van der Waals surface area (Å²) in [7, 11) is 0. The van der Waals surface area contributed by atoms with Crippen molar-refractivity contribution >= 4 is 21.6 Å². The largest absolute Gasteiger partial charge is 0.488 e. The average Bonchev–Trinajstić information content (AvgIpc) is 2.98. The van der Waals surface area contributed by atoms with Gasteiger partial charge in [-0.05, 0) is 47.9 Å². The van der Waals surface area contributed by atoms with E-state index in [2.05, 4.69) is 34.1 Å². The van der Waals surface area contributed by atoms with E-state index < -0.39 is 0 Å². The molecule has 1 atom stereocenters. The summed E-state index contributed by atoms with van der Waals surface area (Å²) in [6, 6.07) is 14.2. The molecular weight excluding hydrogens is 330 g/mol. The van der Waals surface area contributed by atoms with Crippen LogP contribution in [0.2, 0.25) is 0 Å². The Labute approximate surface area is 133 Å². The molecule has 1 heterocycles. The zero-order valence-electron chi connectivity index (χ0n) is 11.7. The normalized spacial score (nSPS) is 17.9. The molecule has 1 saturated heterocycles. The molecule has 2 aromatic carbocycles. The molecule has 1 aliphatic heterocycles. The topological polar surface area (TPSA) is 44.5 Å². The molecule has 3 nitrogen and oxygen atoms in total. The lowest BCUT2D eigenvalue weighted by Crippen LogP contribution is -2.15. The predicted molar refractivity (Wildman–Crippen MR) is 87.7 cm³/mol. The van der Waals surface area contributed by atoms with Gasteiger partial charge in [-0.2, -0.15) is 0 Å². The highest BCUT2D eigenvalue weighted by molar-refractivity contribution is 9.10. The molecule has 2 N–H and O–H groups in total. The van der Waals surface area contributed by atoms with Crippen molar-refractivity contribution in [2.45, 2.75) is 18.9 Å². The highest BCUT2D eigenvalue weighted by Crippen LogP contribution is 2.23. The Balaban J connectivity index is 1.67. The molecule has 1 aliphatic rings. The van der Waals surface area contributed by atoms with Crippen LogP contribution < -0.4 is 10.5 Å². The second kappa shape index (κ2) is 6.50. The number of halogens is 1. The van der Waals surface area contributed by atoms with Crippen LogP contribution in [0, 0.1) is 0 Å². The van der Waals surface area contributed by atoms with E-state index in [-0.39, 0.29) is 6.10 Å². The van der Waals surface area contributed by atoms with Crippen LogP contribution in [0.15, 0.2) is 46.9 Å². The fourth-order valence-corrected chi connectivity index (χ4v) is 2.84. The van der Waals surface area contributed by atoms with E-state index in [1.165, 1.54) is 5.56 Å². The number of hydrogen-bond donors (Lipinski definition) is 1. The van der Waals surface area contributed by atoms with E-state index >= 15 is 0 Å². The number of rotatable bonds is 4. The summed E-state index contributed by atoms with van der Waals surface area (Å²) in [5, 5.41) is 0. The zero-order chi connectivity index (χ0) is 14.7. The number of nitrogen functional groups attached to an aromatic ring is 1. The molecular formula is C17H18BrNO2. The molecule has 3 rings (SSSR count). The maximum Gasteiger partial charge on any atom is 0.124 e. The Bertz CT molecular complexity index is 607. The summed E-state index contributed by atoms with van der Waals surface area (Å²) >= 11 is 3.48. The predicted octanol–water partition coefficient (Wildman–Crippen LogP) is 3.79. The molecule has 0 unspecified atom stereocenters. The molecule has 4 heteroatoms. The highest BCUT2D eigenvalue weighted by Gasteiger charge is 2.16. The van der Waals surface area contributed by atoms with Crippen LogP contribution in [0.5, 0.6) is 5.75 Å². The summed E-state index contributed by atoms with van der Waals surface area (Å²) in [5.41, 5.74) is 9.18. The SMILES string of the molecule is Nc1ccc(Br)cc1Cc1ccc(O[C@H]2CCOC2)cc1. The Morgan fingerprint density at radius 2 is 2.00 bits per heavy atom. The third-order valence-corrected chi connectivity index (χ3v) is 4.11. The van der Waals surface area contributed by atoms with E-state index in [1.54, 1.807) is 0 Å². The fourth-order valence-electron chi connectivity index (χ4n) is 2.43. The minimum atomic E-state index is 0.191. The van der Waals surface area contributed by atoms with E-state index in [0.717, 1.165) is 40.9 Å². The van der Waals surface area contributed by atoms with Gasteiger partial charge in [0.1, 0.15) is 11.9 Å². The van der Waals surface area contributed by atoms with Gasteiger partial charge in [0.15, 0.2) is 0 Å². The molecule has 0 saturated carbocycles. The lowest BCUT2D eigenvalue weighted by atomic mass is 10.0. The third kappa shape index (κ3) is 3.77. The van der Waals surface area contributed by atoms with Gasteiger partial charge in [0, 0.05) is 16.6 Å². The molecule has 0 bridgehead atoms. The van der Waals surface area contributed by atoms with Crippen LogP contribution in [0.3, 0.4) is 0 Å². The summed E-state index contributed by atoms with van der Waals surface area (Å²) < 4.78 is 12.2. The van der Waals surface area contributed by atoms with Gasteiger partial charge in [0.25, 0.3) is 0 Å². The maximum absolute atomic E-state index is 6.02. The van der Waals surface area contributed by atoms with Gasteiger partial charge >= 0.3 is 0 Å². The highest BCUT2D eigenvalue weighted by atomic mass is 79.9. The molecule has 0 amide bonds. The molecule has 0 aromatic heterocycles. The van der Waals surface area contributed by atoms with Crippen molar-refractivity contribution < 1.29 is 9.47 Å². The standard InChI is InChI=1S/C17H18BrNO2/c18-14-3-6-17(19)13(10-14)9-12-1-4-15(5-2-12)21-16-7-8-20-11-16/h1-6,10,16H,7-9,11,19H2/t16-/m0/s1. The van der Waals surface area contributed by atoms with Crippen molar-refractivity contribution in [2.24, 2.45) is 0 Å². The van der Waals surface area contributed by atoms with Crippen molar-refractivity contribution in [3.8, 4) is 5.75 Å². The molecule has 0 aliphatic carbocycles. The van der Waals surface area contributed by atoms with E-state index in [0.29, 0.717) is 6.61 Å². The quantitative estimate of drug-likeness (QED) is 0.855. The van der Waals surface area contributed by atoms with Crippen molar-refractivity contribution in [2.75, 3.05) is 18.9 Å². The molecule has 0 spiro atoms. The minimum Gasteiger partial charge on any atom is -0.488 e. The van der Waals surface area contributed by atoms with Crippen LogP contribution in [-0.4, -0.2) is 19.3 Å². The van der Waals surface area contributed by atoms with Crippen LogP contribution in [0.4, 0.5) is 5.69 Å². The van der Waals surface area contributed by atoms with Gasteiger partial charge < -0.3 is 15.2 Å². The summed E-state index contributed by atoms with van der Waals surface area (Å²) in [4.78, 5) is 0. The van der Waals surface area contributed by atoms with E-state index in [4.69, 9.17) is 15.2 Å². The van der Waals surface area contributed by atoms with Crippen molar-refractivity contribution in [3.05, 3.63) is 58.1 Å². The summed E-state index contributed by atoms with van der Waals surface area (Å²) in [5.74, 6) is 0.900. The van der Waals surface area contributed by atoms with Crippen LogP contribution in [-0.2, 0) is 11.2 Å². The lowest BCUT2D eigenvalue weighted by Gasteiger charge is -2.12. The Morgan fingerprint density at radius 3 is 2.71 bits per heavy atom. The fraction of sp³-hybridized carbons (Fsp3) is 0.294. The van der Waals surface area contributed by atoms with Crippen LogP contribution >= 0.6 is 15.9 Å². The number of hydrogen-bond acceptors (Lipinski definition) is 3. The number of nitrogens with two attached hydrogens (primary N) is 1. The monoisotopic (exact) mass is 347 g/mol. The molecule has 110 valence electrons. The van der Waals surface area contributed by atoms with E-state index in [9.17, 15) is 0 Å². The first-order chi connectivity index (χ1) is 10.2. The lowest BCUT2D eigenvalue weighted by molar-refractivity contribution is 0.141. The van der Waals surface area contributed by atoms with Gasteiger partial charge in [0.2, 0.25) is 0 Å². The van der Waals surface area contributed by atoms with Gasteiger partial charge in [-0.25, -0.2) is 0 Å². The number of benzene rings is 2. The summed E-state index contributed by atoms with van der Waals surface area (Å²) in [6.45, 7) is 1.49. The maximum atomic E-state index is 6.02. The molecule has 1 fully saturated rings. The number of anilines is 1. The van der Waals surface area contributed by atoms with Crippen LogP contribution in [0.1, 0.15) is 17.5 Å². The second-order valence-electron chi connectivity index (χ2n) is 5.27. The molecule has 0 radical (unpaired) electrons. The van der Waals surface area contributed by atoms with Crippen LogP contribution in [0.25, 0.3) is 0 Å². The average molecular weight is 348 g/mol. The summed E-state index contributed by atoms with van der Waals surface area (Å²) in [6.07, 6.45) is 1.98. The van der Waals surface area contributed by atoms with Gasteiger partial charge in [0.05, 0.1) is 13.2 Å². The number of ether oxygens (including phenoxy) is 2. The Morgan fingerprint density at radius 1 is 1.19 bits per heavy atom. The molecule has 2 aromatic rings. The molecule has 21 heavy (non-hydrogen) atoms. The van der Waals surface area contributed by atoms with Crippen molar-refractivity contribution in [1.82, 2.24) is 0 Å². The Kier molecular flexibility index (Phi) is 4.46. The Hall–Kier alpha value is -1.52. The second-order valence-corrected chi connectivity index (χ2v) is 6.18.